The van der Waals surface area contributed by atoms with Crippen molar-refractivity contribution in [1.82, 2.24) is 4.90 Å². The van der Waals surface area contributed by atoms with Crippen LogP contribution in [0.5, 0.6) is 0 Å². The van der Waals surface area contributed by atoms with Gasteiger partial charge in [-0.3, -0.25) is 0 Å². The van der Waals surface area contributed by atoms with Crippen LogP contribution in [0.3, 0.4) is 0 Å². The summed E-state index contributed by atoms with van der Waals surface area (Å²) in [7, 11) is 0. The van der Waals surface area contributed by atoms with Crippen LogP contribution in [0.4, 0.5) is 0 Å². The number of hydrogen-bond donors (Lipinski definition) is 2. The molecule has 0 bridgehead atoms. The molecule has 16 heavy (non-hydrogen) atoms. The molecule has 1 saturated carbocycles. The molecule has 0 aromatic heterocycles. The molecule has 1 heterocycles. The predicted octanol–water partition coefficient (Wildman–Crippen LogP) is 1.21. The molecule has 0 amide bonds. The summed E-state index contributed by atoms with van der Waals surface area (Å²) in [5, 5.41) is 8.86. The molecule has 0 radical (unpaired) electrons. The zero-order valence-corrected chi connectivity index (χ0v) is 10.3. The average molecular weight is 226 g/mol. The van der Waals surface area contributed by atoms with E-state index in [1.165, 1.54) is 45.2 Å². The summed E-state index contributed by atoms with van der Waals surface area (Å²) < 4.78 is 0. The van der Waals surface area contributed by atoms with E-state index in [1.54, 1.807) is 0 Å². The molecule has 94 valence electrons. The van der Waals surface area contributed by atoms with Crippen LogP contribution in [0.15, 0.2) is 0 Å². The van der Waals surface area contributed by atoms with Gasteiger partial charge in [-0.1, -0.05) is 19.3 Å². The van der Waals surface area contributed by atoms with Gasteiger partial charge in [0.2, 0.25) is 0 Å². The molecule has 1 aliphatic carbocycles. The van der Waals surface area contributed by atoms with Gasteiger partial charge in [-0.15, -0.1) is 0 Å². The highest BCUT2D eigenvalue weighted by molar-refractivity contribution is 4.84. The number of aliphatic hydroxyl groups excluding tert-OH is 1. The van der Waals surface area contributed by atoms with Crippen molar-refractivity contribution in [2.24, 2.45) is 17.6 Å². The van der Waals surface area contributed by atoms with E-state index in [4.69, 9.17) is 10.8 Å². The Balaban J connectivity index is 1.76. The number of nitrogens with zero attached hydrogens (tertiary/aromatic N) is 1. The minimum absolute atomic E-state index is 0.158. The average Bonchev–Trinajstić information content (AvgIpc) is 2.29. The van der Waals surface area contributed by atoms with Crippen LogP contribution in [0.2, 0.25) is 0 Å². The first-order valence-electron chi connectivity index (χ1n) is 6.88. The molecular formula is C13H26N2O. The number of nitrogens with two attached hydrogens (primary N) is 1. The van der Waals surface area contributed by atoms with Gasteiger partial charge < -0.3 is 15.7 Å². The van der Waals surface area contributed by atoms with Crippen LogP contribution < -0.4 is 5.73 Å². The van der Waals surface area contributed by atoms with E-state index in [9.17, 15) is 0 Å². The number of aliphatic hydroxyl groups is 1. The topological polar surface area (TPSA) is 49.5 Å². The third kappa shape index (κ3) is 3.19. The first kappa shape index (κ1) is 12.3. The van der Waals surface area contributed by atoms with Crippen LogP contribution in [0.1, 0.15) is 38.5 Å². The fraction of sp³-hybridized carbons (Fsp3) is 1.00. The number of fused-ring (bicyclic) bond motifs is 1. The predicted molar refractivity (Wildman–Crippen MR) is 66.2 cm³/mol. The molecule has 0 aromatic rings. The first-order valence-corrected chi connectivity index (χ1v) is 6.88. The summed E-state index contributed by atoms with van der Waals surface area (Å²) >= 11 is 0. The second-order valence-corrected chi connectivity index (χ2v) is 5.63. The molecule has 3 unspecified atom stereocenters. The standard InChI is InChI=1S/C13H26N2O/c14-13(6-8-16)10-15-7-5-11-3-1-2-4-12(11)9-15/h11-13,16H,1-10,14H2. The van der Waals surface area contributed by atoms with E-state index in [1.807, 2.05) is 0 Å². The lowest BCUT2D eigenvalue weighted by molar-refractivity contribution is 0.0806. The summed E-state index contributed by atoms with van der Waals surface area (Å²) in [6.07, 6.45) is 7.88. The third-order valence-corrected chi connectivity index (χ3v) is 4.37. The van der Waals surface area contributed by atoms with E-state index < -0.39 is 0 Å². The van der Waals surface area contributed by atoms with Gasteiger partial charge in [-0.05, 0) is 37.6 Å². The smallest absolute Gasteiger partial charge is 0.0446 e. The molecule has 0 spiro atoms. The first-order chi connectivity index (χ1) is 7.79. The fourth-order valence-corrected chi connectivity index (χ4v) is 3.43. The van der Waals surface area contributed by atoms with Gasteiger partial charge in [-0.25, -0.2) is 0 Å². The molecule has 3 N–H and O–H groups in total. The molecule has 2 rings (SSSR count). The fourth-order valence-electron chi connectivity index (χ4n) is 3.43. The van der Waals surface area contributed by atoms with Gasteiger partial charge in [0.1, 0.15) is 0 Å². The molecule has 1 aliphatic heterocycles. The van der Waals surface area contributed by atoms with Crippen LogP contribution in [-0.2, 0) is 0 Å². The van der Waals surface area contributed by atoms with E-state index in [2.05, 4.69) is 4.90 Å². The van der Waals surface area contributed by atoms with E-state index in [0.29, 0.717) is 0 Å². The minimum atomic E-state index is 0.158. The lowest BCUT2D eigenvalue weighted by atomic mass is 9.75. The van der Waals surface area contributed by atoms with Gasteiger partial charge in [0.15, 0.2) is 0 Å². The maximum Gasteiger partial charge on any atom is 0.0446 e. The van der Waals surface area contributed by atoms with Gasteiger partial charge in [0.05, 0.1) is 0 Å². The molecule has 1 saturated heterocycles. The van der Waals surface area contributed by atoms with Crippen LogP contribution in [-0.4, -0.2) is 42.3 Å². The Morgan fingerprint density at radius 2 is 1.94 bits per heavy atom. The van der Waals surface area contributed by atoms with Crippen LogP contribution >= 0.6 is 0 Å². The third-order valence-electron chi connectivity index (χ3n) is 4.37. The van der Waals surface area contributed by atoms with E-state index in [-0.39, 0.29) is 12.6 Å². The van der Waals surface area contributed by atoms with Crippen molar-refractivity contribution < 1.29 is 5.11 Å². The summed E-state index contributed by atoms with van der Waals surface area (Å²) in [5.41, 5.74) is 5.98. The molecule has 3 atom stereocenters. The Bertz CT molecular complexity index is 210. The Kier molecular flexibility index (Phi) is 4.62. The van der Waals surface area contributed by atoms with Gasteiger partial charge in [0.25, 0.3) is 0 Å². The molecular weight excluding hydrogens is 200 g/mol. The maximum absolute atomic E-state index is 8.86. The number of piperidine rings is 1. The van der Waals surface area contributed by atoms with Crippen molar-refractivity contribution in [1.29, 1.82) is 0 Å². The second kappa shape index (κ2) is 5.99. The Hall–Kier alpha value is -0.120. The summed E-state index contributed by atoms with van der Waals surface area (Å²) in [4.78, 5) is 2.52. The Morgan fingerprint density at radius 3 is 2.69 bits per heavy atom. The molecule has 2 aliphatic rings. The van der Waals surface area contributed by atoms with Crippen molar-refractivity contribution in [3.8, 4) is 0 Å². The zero-order valence-electron chi connectivity index (χ0n) is 10.3. The largest absolute Gasteiger partial charge is 0.396 e. The van der Waals surface area contributed by atoms with Crippen molar-refractivity contribution in [3.05, 3.63) is 0 Å². The lowest BCUT2D eigenvalue weighted by Crippen LogP contribution is -2.46. The maximum atomic E-state index is 8.86. The van der Waals surface area contributed by atoms with Crippen molar-refractivity contribution in [3.63, 3.8) is 0 Å². The molecule has 2 fully saturated rings. The Labute approximate surface area is 99.0 Å². The van der Waals surface area contributed by atoms with E-state index >= 15 is 0 Å². The second-order valence-electron chi connectivity index (χ2n) is 5.63. The van der Waals surface area contributed by atoms with Gasteiger partial charge >= 0.3 is 0 Å². The number of likely N-dealkylation sites (tertiary alicyclic amines) is 1. The lowest BCUT2D eigenvalue weighted by Gasteiger charge is -2.42. The van der Waals surface area contributed by atoms with Gasteiger partial charge in [0, 0.05) is 25.7 Å². The summed E-state index contributed by atoms with van der Waals surface area (Å²) in [6, 6.07) is 0.158. The van der Waals surface area contributed by atoms with Crippen molar-refractivity contribution in [2.45, 2.75) is 44.6 Å². The SMILES string of the molecule is NC(CCO)CN1CCC2CCCCC2C1. The van der Waals surface area contributed by atoms with Gasteiger partial charge in [-0.2, -0.15) is 0 Å². The minimum Gasteiger partial charge on any atom is -0.396 e. The van der Waals surface area contributed by atoms with Crippen molar-refractivity contribution >= 4 is 0 Å². The highest BCUT2D eigenvalue weighted by Gasteiger charge is 2.31. The van der Waals surface area contributed by atoms with Crippen LogP contribution in [0, 0.1) is 11.8 Å². The summed E-state index contributed by atoms with van der Waals surface area (Å²) in [6.45, 7) is 3.68. The quantitative estimate of drug-likeness (QED) is 0.757. The zero-order chi connectivity index (χ0) is 11.4. The molecule has 0 aromatic carbocycles. The van der Waals surface area contributed by atoms with Crippen molar-refractivity contribution in [2.75, 3.05) is 26.2 Å². The summed E-state index contributed by atoms with van der Waals surface area (Å²) in [5.74, 6) is 1.93. The number of hydrogen-bond acceptors (Lipinski definition) is 3. The molecule has 3 nitrogen and oxygen atoms in total. The van der Waals surface area contributed by atoms with Crippen LogP contribution in [0.25, 0.3) is 0 Å². The molecule has 3 heteroatoms. The highest BCUT2D eigenvalue weighted by Crippen LogP contribution is 2.35. The van der Waals surface area contributed by atoms with E-state index in [0.717, 1.165) is 24.8 Å². The highest BCUT2D eigenvalue weighted by atomic mass is 16.3. The Morgan fingerprint density at radius 1 is 1.19 bits per heavy atom. The normalized spacial score (nSPS) is 33.4. The number of rotatable bonds is 4. The monoisotopic (exact) mass is 226 g/mol.